The van der Waals surface area contributed by atoms with Crippen LogP contribution in [0.1, 0.15) is 20.7 Å². The first-order chi connectivity index (χ1) is 13.0. The van der Waals surface area contributed by atoms with Crippen molar-refractivity contribution in [3.63, 3.8) is 0 Å². The first-order valence-electron chi connectivity index (χ1n) is 8.70. The summed E-state index contributed by atoms with van der Waals surface area (Å²) >= 11 is 5.94. The Labute approximate surface area is 162 Å². The zero-order valence-corrected chi connectivity index (χ0v) is 15.5. The lowest BCUT2D eigenvalue weighted by molar-refractivity contribution is -0.131. The second kappa shape index (κ2) is 8.68. The highest BCUT2D eigenvalue weighted by molar-refractivity contribution is 6.30. The maximum absolute atomic E-state index is 12.5. The Bertz CT molecular complexity index is 833. The van der Waals surface area contributed by atoms with E-state index in [4.69, 9.17) is 11.6 Å². The van der Waals surface area contributed by atoms with Gasteiger partial charge in [-0.3, -0.25) is 14.4 Å². The Kier molecular flexibility index (Phi) is 6.08. The molecule has 1 heterocycles. The lowest BCUT2D eigenvalue weighted by Crippen LogP contribution is -2.52. The minimum Gasteiger partial charge on any atom is -0.343 e. The summed E-state index contributed by atoms with van der Waals surface area (Å²) in [7, 11) is 0. The fourth-order valence-electron chi connectivity index (χ4n) is 2.92. The number of hydrogen-bond acceptors (Lipinski definition) is 3. The molecule has 0 spiro atoms. The van der Waals surface area contributed by atoms with E-state index < -0.39 is 0 Å². The van der Waals surface area contributed by atoms with Gasteiger partial charge in [0.25, 0.3) is 11.8 Å². The van der Waals surface area contributed by atoms with Gasteiger partial charge >= 0.3 is 0 Å². The molecule has 7 heteroatoms. The van der Waals surface area contributed by atoms with Gasteiger partial charge in [0.2, 0.25) is 5.91 Å². The first kappa shape index (κ1) is 18.9. The van der Waals surface area contributed by atoms with Crippen molar-refractivity contribution in [2.45, 2.75) is 0 Å². The predicted molar refractivity (Wildman–Crippen MR) is 103 cm³/mol. The average molecular weight is 386 g/mol. The third kappa shape index (κ3) is 4.86. The lowest BCUT2D eigenvalue weighted by atomic mass is 10.2. The number of piperazine rings is 1. The highest BCUT2D eigenvalue weighted by Gasteiger charge is 2.25. The maximum Gasteiger partial charge on any atom is 0.254 e. The topological polar surface area (TPSA) is 69.7 Å². The van der Waals surface area contributed by atoms with Gasteiger partial charge in [0.05, 0.1) is 6.54 Å². The second-order valence-electron chi connectivity index (χ2n) is 6.23. The lowest BCUT2D eigenvalue weighted by Gasteiger charge is -2.34. The smallest absolute Gasteiger partial charge is 0.254 e. The largest absolute Gasteiger partial charge is 0.343 e. The van der Waals surface area contributed by atoms with Crippen molar-refractivity contribution >= 4 is 29.3 Å². The van der Waals surface area contributed by atoms with E-state index in [0.29, 0.717) is 42.3 Å². The summed E-state index contributed by atoms with van der Waals surface area (Å²) in [6.07, 6.45) is 0. The molecule has 1 N–H and O–H groups in total. The fourth-order valence-corrected chi connectivity index (χ4v) is 3.11. The number of amides is 3. The van der Waals surface area contributed by atoms with Crippen LogP contribution in [0.15, 0.2) is 54.6 Å². The van der Waals surface area contributed by atoms with Crippen molar-refractivity contribution in [3.8, 4) is 0 Å². The minimum atomic E-state index is -0.279. The van der Waals surface area contributed by atoms with Crippen molar-refractivity contribution < 1.29 is 14.4 Å². The summed E-state index contributed by atoms with van der Waals surface area (Å²) in [5.74, 6) is -0.533. The van der Waals surface area contributed by atoms with Crippen molar-refractivity contribution in [2.75, 3.05) is 32.7 Å². The van der Waals surface area contributed by atoms with Crippen LogP contribution in [0.2, 0.25) is 5.02 Å². The summed E-state index contributed by atoms with van der Waals surface area (Å²) in [4.78, 5) is 40.2. The van der Waals surface area contributed by atoms with E-state index in [2.05, 4.69) is 5.32 Å². The molecule has 3 rings (SSSR count). The molecule has 2 aromatic rings. The number of nitrogens with zero attached hydrogens (tertiary/aromatic N) is 2. The molecular formula is C20H20ClN3O3. The van der Waals surface area contributed by atoms with Crippen LogP contribution in [0.4, 0.5) is 0 Å². The molecule has 1 saturated heterocycles. The van der Waals surface area contributed by atoms with E-state index in [1.54, 1.807) is 58.3 Å². The van der Waals surface area contributed by atoms with Crippen LogP contribution in [-0.2, 0) is 4.79 Å². The number of carbonyl (C=O) groups is 3. The van der Waals surface area contributed by atoms with Crippen LogP contribution in [0.25, 0.3) is 0 Å². The van der Waals surface area contributed by atoms with Gasteiger partial charge in [-0.1, -0.05) is 35.9 Å². The van der Waals surface area contributed by atoms with Gasteiger partial charge in [0, 0.05) is 42.3 Å². The first-order valence-corrected chi connectivity index (χ1v) is 9.08. The molecule has 0 unspecified atom stereocenters. The van der Waals surface area contributed by atoms with E-state index in [9.17, 15) is 14.4 Å². The standard InChI is InChI=1S/C20H20ClN3O3/c21-17-8-4-7-16(13-17)20(27)24-11-9-23(10-12-24)18(25)14-22-19(26)15-5-2-1-3-6-15/h1-8,13H,9-12,14H2,(H,22,26). The summed E-state index contributed by atoms with van der Waals surface area (Å²) in [6, 6.07) is 15.6. The Hall–Kier alpha value is -2.86. The molecule has 3 amide bonds. The summed E-state index contributed by atoms with van der Waals surface area (Å²) < 4.78 is 0. The Balaban J connectivity index is 1.48. The zero-order valence-electron chi connectivity index (χ0n) is 14.7. The van der Waals surface area contributed by atoms with Gasteiger partial charge < -0.3 is 15.1 Å². The number of rotatable bonds is 4. The average Bonchev–Trinajstić information content (AvgIpc) is 2.72. The van der Waals surface area contributed by atoms with E-state index in [1.165, 1.54) is 0 Å². The third-order valence-corrected chi connectivity index (χ3v) is 4.66. The fraction of sp³-hybridized carbons (Fsp3) is 0.250. The van der Waals surface area contributed by atoms with Crippen molar-refractivity contribution in [2.24, 2.45) is 0 Å². The number of carbonyl (C=O) groups excluding carboxylic acids is 3. The summed E-state index contributed by atoms with van der Waals surface area (Å²) in [5.41, 5.74) is 1.06. The number of benzene rings is 2. The Morgan fingerprint density at radius 1 is 0.852 bits per heavy atom. The Morgan fingerprint density at radius 3 is 2.15 bits per heavy atom. The summed E-state index contributed by atoms with van der Waals surface area (Å²) in [5, 5.41) is 3.15. The summed E-state index contributed by atoms with van der Waals surface area (Å²) in [6.45, 7) is 1.71. The van der Waals surface area contributed by atoms with Crippen molar-refractivity contribution in [1.82, 2.24) is 15.1 Å². The van der Waals surface area contributed by atoms with E-state index in [-0.39, 0.29) is 24.3 Å². The van der Waals surface area contributed by atoms with Crippen LogP contribution in [0.5, 0.6) is 0 Å². The Morgan fingerprint density at radius 2 is 1.48 bits per heavy atom. The molecule has 1 fully saturated rings. The van der Waals surface area contributed by atoms with Crippen LogP contribution in [0.3, 0.4) is 0 Å². The normalized spacial score (nSPS) is 14.0. The SMILES string of the molecule is O=C(NCC(=O)N1CCN(C(=O)c2cccc(Cl)c2)CC1)c1ccccc1. The molecule has 140 valence electrons. The second-order valence-corrected chi connectivity index (χ2v) is 6.67. The molecule has 6 nitrogen and oxygen atoms in total. The van der Waals surface area contributed by atoms with Gasteiger partial charge in [-0.25, -0.2) is 0 Å². The van der Waals surface area contributed by atoms with Gasteiger partial charge in [0.15, 0.2) is 0 Å². The highest BCUT2D eigenvalue weighted by Crippen LogP contribution is 2.14. The van der Waals surface area contributed by atoms with Gasteiger partial charge in [0.1, 0.15) is 0 Å². The highest BCUT2D eigenvalue weighted by atomic mass is 35.5. The number of halogens is 1. The maximum atomic E-state index is 12.5. The van der Waals surface area contributed by atoms with Crippen LogP contribution >= 0.6 is 11.6 Å². The molecule has 0 aliphatic carbocycles. The van der Waals surface area contributed by atoms with Crippen molar-refractivity contribution in [1.29, 1.82) is 0 Å². The zero-order chi connectivity index (χ0) is 19.2. The molecule has 0 radical (unpaired) electrons. The van der Waals surface area contributed by atoms with E-state index >= 15 is 0 Å². The minimum absolute atomic E-state index is 0.0596. The molecule has 0 bridgehead atoms. The predicted octanol–water partition coefficient (Wildman–Crippen LogP) is 2.05. The van der Waals surface area contributed by atoms with Gasteiger partial charge in [-0.2, -0.15) is 0 Å². The van der Waals surface area contributed by atoms with E-state index in [1.807, 2.05) is 6.07 Å². The van der Waals surface area contributed by atoms with Crippen molar-refractivity contribution in [3.05, 3.63) is 70.7 Å². The molecule has 0 atom stereocenters. The van der Waals surface area contributed by atoms with Crippen LogP contribution in [0, 0.1) is 0 Å². The van der Waals surface area contributed by atoms with Crippen LogP contribution in [-0.4, -0.2) is 60.2 Å². The van der Waals surface area contributed by atoms with Crippen LogP contribution < -0.4 is 5.32 Å². The number of hydrogen-bond donors (Lipinski definition) is 1. The molecular weight excluding hydrogens is 366 g/mol. The molecule has 1 aliphatic heterocycles. The third-order valence-electron chi connectivity index (χ3n) is 4.43. The molecule has 2 aromatic carbocycles. The molecule has 27 heavy (non-hydrogen) atoms. The molecule has 0 aromatic heterocycles. The van der Waals surface area contributed by atoms with Gasteiger partial charge in [-0.15, -0.1) is 0 Å². The molecule has 0 saturated carbocycles. The molecule has 1 aliphatic rings. The van der Waals surface area contributed by atoms with Gasteiger partial charge in [-0.05, 0) is 30.3 Å². The number of nitrogens with one attached hydrogen (secondary N) is 1. The quantitative estimate of drug-likeness (QED) is 0.875. The monoisotopic (exact) mass is 385 g/mol. The van der Waals surface area contributed by atoms with E-state index in [0.717, 1.165) is 0 Å².